The van der Waals surface area contributed by atoms with Gasteiger partial charge < -0.3 is 28.4 Å². The first kappa shape index (κ1) is 33.2. The van der Waals surface area contributed by atoms with Crippen molar-refractivity contribution in [3.8, 4) is 23.0 Å². The van der Waals surface area contributed by atoms with Gasteiger partial charge in [0.15, 0.2) is 23.0 Å². The highest BCUT2D eigenvalue weighted by Crippen LogP contribution is 2.28. The molecule has 0 bridgehead atoms. The molecule has 0 aliphatic carbocycles. The van der Waals surface area contributed by atoms with Crippen LogP contribution < -0.4 is 18.9 Å². The fourth-order valence-corrected chi connectivity index (χ4v) is 3.09. The number of hydrogen-bond acceptors (Lipinski definition) is 16. The topological polar surface area (TPSA) is 179 Å². The number of carbonyl (C=O) groups is 4. The number of unbranched alkanes of at least 4 members (excludes halogenated alkanes) is 3. The van der Waals surface area contributed by atoms with Gasteiger partial charge in [-0.25, -0.2) is 29.0 Å². The minimum atomic E-state index is -1.21. The van der Waals surface area contributed by atoms with E-state index in [2.05, 4.69) is 29.6 Å². The van der Waals surface area contributed by atoms with Crippen molar-refractivity contribution in [3.05, 3.63) is 47.5 Å². The molecular weight excluding hydrogens is 568 g/mol. The van der Waals surface area contributed by atoms with Crippen LogP contribution in [-0.2, 0) is 39.1 Å². The standard InChI is InChI=1S/C26H30O16/c1-31-19-11-9-17(15-21(19)33-3)23(27)37-41-39-25(29)35-13-7-5-6-8-14-36-26(30)40-42-38-24(28)18-10-12-20(32-2)22(16-18)34-4/h9-12,15-16H,5-8,13-14H2,1-4H3. The minimum Gasteiger partial charge on any atom is -0.493 e. The molecule has 0 fully saturated rings. The van der Waals surface area contributed by atoms with Gasteiger partial charge in [-0.2, -0.15) is 0 Å². The molecule has 0 radical (unpaired) electrons. The normalized spacial score (nSPS) is 10.1. The van der Waals surface area contributed by atoms with E-state index in [0.717, 1.165) is 0 Å². The van der Waals surface area contributed by atoms with Gasteiger partial charge in [-0.1, -0.05) is 0 Å². The minimum absolute atomic E-state index is 0.00596. The third-order valence-electron chi connectivity index (χ3n) is 5.14. The number of ether oxygens (including phenoxy) is 6. The second-order valence-electron chi connectivity index (χ2n) is 7.79. The predicted molar refractivity (Wildman–Crippen MR) is 135 cm³/mol. The Morgan fingerprint density at radius 3 is 1.24 bits per heavy atom. The molecule has 16 heteroatoms. The maximum atomic E-state index is 11.9. The summed E-state index contributed by atoms with van der Waals surface area (Å²) < 4.78 is 29.8. The van der Waals surface area contributed by atoms with Crippen molar-refractivity contribution in [2.45, 2.75) is 25.7 Å². The van der Waals surface area contributed by atoms with Crippen molar-refractivity contribution in [1.82, 2.24) is 0 Å². The van der Waals surface area contributed by atoms with Gasteiger partial charge in [-0.3, -0.25) is 9.78 Å². The number of hydrogen-bond donors (Lipinski definition) is 0. The number of carbonyl (C=O) groups excluding carboxylic acids is 4. The van der Waals surface area contributed by atoms with Crippen LogP contribution in [-0.4, -0.2) is 65.9 Å². The van der Waals surface area contributed by atoms with Crippen LogP contribution in [0.4, 0.5) is 9.59 Å². The lowest BCUT2D eigenvalue weighted by Crippen LogP contribution is -2.13. The van der Waals surface area contributed by atoms with Gasteiger partial charge in [-0.15, -0.1) is 0 Å². The molecule has 0 aliphatic rings. The fourth-order valence-electron chi connectivity index (χ4n) is 3.09. The van der Waals surface area contributed by atoms with Crippen LogP contribution in [0.25, 0.3) is 0 Å². The Balaban J connectivity index is 1.48. The van der Waals surface area contributed by atoms with Gasteiger partial charge in [0.25, 0.3) is 0 Å². The number of methoxy groups -OCH3 is 4. The maximum absolute atomic E-state index is 11.9. The highest BCUT2D eigenvalue weighted by atomic mass is 17.5. The molecule has 0 heterocycles. The molecule has 0 saturated carbocycles. The molecule has 2 rings (SSSR count). The zero-order valence-corrected chi connectivity index (χ0v) is 23.2. The van der Waals surface area contributed by atoms with E-state index in [9.17, 15) is 19.2 Å². The molecule has 0 unspecified atom stereocenters. The van der Waals surface area contributed by atoms with Crippen molar-refractivity contribution < 1.29 is 77.2 Å². The summed E-state index contributed by atoms with van der Waals surface area (Å²) in [5.41, 5.74) is 0.118. The first-order chi connectivity index (χ1) is 20.3. The lowest BCUT2D eigenvalue weighted by atomic mass is 10.2. The van der Waals surface area contributed by atoms with E-state index in [1.54, 1.807) is 0 Å². The zero-order chi connectivity index (χ0) is 30.7. The Bertz CT molecular complexity index is 1090. The molecule has 0 amide bonds. The highest BCUT2D eigenvalue weighted by Gasteiger charge is 2.16. The van der Waals surface area contributed by atoms with Crippen molar-refractivity contribution in [1.29, 1.82) is 0 Å². The first-order valence-electron chi connectivity index (χ1n) is 12.2. The molecule has 2 aromatic carbocycles. The Morgan fingerprint density at radius 2 is 0.881 bits per heavy atom. The van der Waals surface area contributed by atoms with Gasteiger partial charge in [0.2, 0.25) is 0 Å². The van der Waals surface area contributed by atoms with Crippen LogP contribution in [0.5, 0.6) is 23.0 Å². The van der Waals surface area contributed by atoms with Crippen LogP contribution in [0.1, 0.15) is 46.4 Å². The van der Waals surface area contributed by atoms with Crippen LogP contribution in [0, 0.1) is 0 Å². The average molecular weight is 599 g/mol. The molecule has 230 valence electrons. The van der Waals surface area contributed by atoms with E-state index >= 15 is 0 Å². The summed E-state index contributed by atoms with van der Waals surface area (Å²) in [6.45, 7) is -0.0119. The second-order valence-corrected chi connectivity index (χ2v) is 7.79. The van der Waals surface area contributed by atoms with E-state index in [1.165, 1.54) is 64.8 Å². The monoisotopic (exact) mass is 598 g/mol. The number of benzene rings is 2. The van der Waals surface area contributed by atoms with Crippen LogP contribution in [0.15, 0.2) is 36.4 Å². The van der Waals surface area contributed by atoms with E-state index in [4.69, 9.17) is 28.4 Å². The summed E-state index contributed by atoms with van der Waals surface area (Å²) >= 11 is 0. The quantitative estimate of drug-likeness (QED) is 0.109. The van der Waals surface area contributed by atoms with Crippen molar-refractivity contribution in [3.63, 3.8) is 0 Å². The Kier molecular flexibility index (Phi) is 14.6. The van der Waals surface area contributed by atoms with E-state index < -0.39 is 24.2 Å². The zero-order valence-electron chi connectivity index (χ0n) is 23.2. The molecule has 2 aromatic rings. The summed E-state index contributed by atoms with van der Waals surface area (Å²) in [5.74, 6) is -0.502. The van der Waals surface area contributed by atoms with Crippen LogP contribution in [0.2, 0.25) is 0 Å². The van der Waals surface area contributed by atoms with Crippen molar-refractivity contribution >= 4 is 24.2 Å². The maximum Gasteiger partial charge on any atom is 0.543 e. The Morgan fingerprint density at radius 1 is 0.500 bits per heavy atom. The molecule has 42 heavy (non-hydrogen) atoms. The largest absolute Gasteiger partial charge is 0.543 e. The molecule has 16 nitrogen and oxygen atoms in total. The third-order valence-corrected chi connectivity index (χ3v) is 5.14. The molecule has 0 aliphatic heterocycles. The average Bonchev–Trinajstić information content (AvgIpc) is 3.01. The highest BCUT2D eigenvalue weighted by molar-refractivity contribution is 5.90. The molecule has 0 saturated heterocycles. The van der Waals surface area contributed by atoms with Gasteiger partial charge >= 0.3 is 24.2 Å². The van der Waals surface area contributed by atoms with Crippen LogP contribution in [0.3, 0.4) is 0 Å². The van der Waals surface area contributed by atoms with E-state index in [1.807, 2.05) is 0 Å². The van der Waals surface area contributed by atoms with Crippen LogP contribution >= 0.6 is 0 Å². The number of rotatable bonds is 17. The predicted octanol–water partition coefficient (Wildman–Crippen LogP) is 4.29. The molecule has 0 spiro atoms. The molecule has 0 aromatic heterocycles. The molecule has 0 N–H and O–H groups in total. The lowest BCUT2D eigenvalue weighted by Gasteiger charge is -2.08. The first-order valence-corrected chi connectivity index (χ1v) is 12.2. The second kappa shape index (κ2) is 18.4. The Labute approximate surface area is 239 Å². The van der Waals surface area contributed by atoms with Gasteiger partial charge in [0.1, 0.15) is 0 Å². The SMILES string of the molecule is COc1ccc(C(=O)OOOC(=O)OCCCCCCOC(=O)OOOC(=O)c2ccc(OC)c(OC)c2)cc1OC. The Hall–Kier alpha value is -4.96. The summed E-state index contributed by atoms with van der Waals surface area (Å²) in [4.78, 5) is 64.1. The van der Waals surface area contributed by atoms with Crippen molar-refractivity contribution in [2.24, 2.45) is 0 Å². The summed E-state index contributed by atoms with van der Waals surface area (Å²) in [6.07, 6.45) is -0.290. The summed E-state index contributed by atoms with van der Waals surface area (Å²) in [5, 5.41) is 8.30. The van der Waals surface area contributed by atoms with Crippen molar-refractivity contribution in [2.75, 3.05) is 41.7 Å². The summed E-state index contributed by atoms with van der Waals surface area (Å²) in [7, 11) is 5.68. The molecule has 0 atom stereocenters. The fraction of sp³-hybridized carbons (Fsp3) is 0.385. The third kappa shape index (κ3) is 11.3. The summed E-state index contributed by atoms with van der Waals surface area (Å²) in [6, 6.07) is 8.47. The molecular formula is C26H30O16. The van der Waals surface area contributed by atoms with Gasteiger partial charge in [0.05, 0.1) is 62.9 Å². The van der Waals surface area contributed by atoms with Gasteiger partial charge in [0, 0.05) is 0 Å². The lowest BCUT2D eigenvalue weighted by molar-refractivity contribution is -0.452. The van der Waals surface area contributed by atoms with Gasteiger partial charge in [-0.05, 0) is 62.1 Å². The van der Waals surface area contributed by atoms with E-state index in [0.29, 0.717) is 48.7 Å². The van der Waals surface area contributed by atoms with E-state index in [-0.39, 0.29) is 24.3 Å². The smallest absolute Gasteiger partial charge is 0.493 e.